The maximum Gasteiger partial charge on any atom is 0.308 e. The molecule has 22 heteroatoms. The number of aliphatic hydroxyl groups excluding tert-OH is 5. The summed E-state index contributed by atoms with van der Waals surface area (Å²) < 4.78 is 63.4. The van der Waals surface area contributed by atoms with Gasteiger partial charge in [-0.15, -0.1) is 0 Å². The lowest BCUT2D eigenvalue weighted by Gasteiger charge is -2.52. The van der Waals surface area contributed by atoms with Gasteiger partial charge >= 0.3 is 17.9 Å². The van der Waals surface area contributed by atoms with E-state index in [0.29, 0.717) is 43.3 Å². The van der Waals surface area contributed by atoms with Crippen LogP contribution in [0.25, 0.3) is 0 Å². The number of ketones is 1. The summed E-state index contributed by atoms with van der Waals surface area (Å²) in [6.07, 6.45) is -8.69. The minimum absolute atomic E-state index is 0.00321. The van der Waals surface area contributed by atoms with Crippen LogP contribution in [0.5, 0.6) is 0 Å². The Morgan fingerprint density at radius 3 is 2.15 bits per heavy atom. The van der Waals surface area contributed by atoms with Crippen molar-refractivity contribution < 1.29 is 102 Å². The summed E-state index contributed by atoms with van der Waals surface area (Å²) in [7, 11) is 1.57. The lowest BCUT2D eigenvalue weighted by atomic mass is 9.78. The van der Waals surface area contributed by atoms with Crippen molar-refractivity contribution in [3.63, 3.8) is 0 Å². The summed E-state index contributed by atoms with van der Waals surface area (Å²) in [5.41, 5.74) is -0.508. The number of carbonyl (C=O) groups excluding carboxylic acids is 4. The van der Waals surface area contributed by atoms with Crippen LogP contribution in [0.4, 0.5) is 0 Å². The van der Waals surface area contributed by atoms with Gasteiger partial charge in [-0.05, 0) is 51.5 Å². The normalized spacial score (nSPS) is 44.5. The average Bonchev–Trinajstić information content (AvgIpc) is 1.35. The number of esters is 3. The summed E-state index contributed by atoms with van der Waals surface area (Å²) in [5, 5.41) is 82.6. The highest BCUT2D eigenvalue weighted by Crippen LogP contribution is 2.48. The van der Waals surface area contributed by atoms with Crippen molar-refractivity contribution in [2.75, 3.05) is 7.11 Å². The summed E-state index contributed by atoms with van der Waals surface area (Å²) in [5.74, 6) is -10.7. The van der Waals surface area contributed by atoms with Crippen molar-refractivity contribution in [3.05, 3.63) is 60.2 Å². The molecule has 0 aromatic heterocycles. The molecule has 5 unspecified atom stereocenters. The highest BCUT2D eigenvalue weighted by atomic mass is 35.5. The van der Waals surface area contributed by atoms with Gasteiger partial charge in [-0.25, -0.2) is 0 Å². The average molecular weight is 1220 g/mol. The lowest BCUT2D eigenvalue weighted by molar-refractivity contribution is -0.351. The van der Waals surface area contributed by atoms with Crippen molar-refractivity contribution in [2.24, 2.45) is 23.7 Å². The first-order chi connectivity index (χ1) is 39.8. The fraction of sp³-hybridized carbons (Fsp3) is 0.778. The van der Waals surface area contributed by atoms with E-state index in [2.05, 4.69) is 19.7 Å². The molecular weight excluding hydrogens is 1130 g/mol. The van der Waals surface area contributed by atoms with Crippen molar-refractivity contribution in [2.45, 2.75) is 278 Å². The topological polar surface area (TPSA) is 302 Å². The minimum atomic E-state index is -2.40. The molecular formula is C63H95ClO21. The van der Waals surface area contributed by atoms with E-state index in [1.807, 2.05) is 12.2 Å². The fourth-order valence-corrected chi connectivity index (χ4v) is 14.2. The first kappa shape index (κ1) is 69.0. The molecule has 7 heterocycles. The number of fused-ring (bicyclic) bond motifs is 8. The quantitative estimate of drug-likeness (QED) is 0.0611. The van der Waals surface area contributed by atoms with Gasteiger partial charge in [-0.3, -0.25) is 19.2 Å². The second kappa shape index (κ2) is 29.0. The van der Waals surface area contributed by atoms with Gasteiger partial charge in [0.2, 0.25) is 0 Å². The highest BCUT2D eigenvalue weighted by molar-refractivity contribution is 6.30. The summed E-state index contributed by atoms with van der Waals surface area (Å²) >= 11 is 5.89. The van der Waals surface area contributed by atoms with Crippen LogP contribution in [0.1, 0.15) is 158 Å². The predicted octanol–water partition coefficient (Wildman–Crippen LogP) is 5.91. The maximum atomic E-state index is 14.5. The molecule has 0 aromatic rings. The van der Waals surface area contributed by atoms with Crippen LogP contribution < -0.4 is 0 Å². The van der Waals surface area contributed by atoms with Gasteiger partial charge in [0.15, 0.2) is 17.4 Å². The molecule has 480 valence electrons. The summed E-state index contributed by atoms with van der Waals surface area (Å²) in [6.45, 7) is 23.1. The van der Waals surface area contributed by atoms with Crippen molar-refractivity contribution in [1.29, 1.82) is 0 Å². The third-order valence-corrected chi connectivity index (χ3v) is 18.4. The van der Waals surface area contributed by atoms with Crippen LogP contribution >= 0.6 is 11.6 Å². The summed E-state index contributed by atoms with van der Waals surface area (Å²) in [4.78, 5) is 54.3. The van der Waals surface area contributed by atoms with Crippen molar-refractivity contribution in [1.82, 2.24) is 0 Å². The minimum Gasteiger partial charge on any atom is -0.462 e. The number of rotatable bonds is 9. The van der Waals surface area contributed by atoms with Crippen LogP contribution in [-0.2, 0) is 66.5 Å². The highest BCUT2D eigenvalue weighted by Gasteiger charge is 2.58. The molecule has 0 aliphatic carbocycles. The molecule has 0 radical (unpaired) electrons. The van der Waals surface area contributed by atoms with E-state index >= 15 is 0 Å². The Balaban J connectivity index is 1.22. The second-order valence-electron chi connectivity index (χ2n) is 25.9. The molecule has 7 aliphatic heterocycles. The molecule has 21 nitrogen and oxygen atoms in total. The molecule has 85 heavy (non-hydrogen) atoms. The predicted molar refractivity (Wildman–Crippen MR) is 308 cm³/mol. The van der Waals surface area contributed by atoms with Gasteiger partial charge in [0, 0.05) is 108 Å². The number of carbonyl (C=O) groups is 4. The molecule has 6 fully saturated rings. The van der Waals surface area contributed by atoms with Crippen LogP contribution in [0.2, 0.25) is 0 Å². The Morgan fingerprint density at radius 1 is 0.812 bits per heavy atom. The molecule has 0 saturated carbocycles. The van der Waals surface area contributed by atoms with E-state index in [1.165, 1.54) is 26.0 Å². The number of allylic oxidation sites excluding steroid dienone is 3. The zero-order valence-corrected chi connectivity index (χ0v) is 51.5. The van der Waals surface area contributed by atoms with Crippen LogP contribution in [0.15, 0.2) is 60.2 Å². The zero-order chi connectivity index (χ0) is 62.5. The molecule has 2 spiro atoms. The van der Waals surface area contributed by atoms with Gasteiger partial charge in [0.25, 0.3) is 0 Å². The number of ether oxygens (including phenoxy) is 10. The molecule has 7 aliphatic rings. The molecule has 7 N–H and O–H groups in total. The van der Waals surface area contributed by atoms with Crippen molar-refractivity contribution in [3.8, 4) is 0 Å². The SMILES string of the molecule is C=C(Cl)/C=C/[C@@H](O)CC(=C)C[C@H]1O[C@@H]2[C@H](C)C(OC(=O)CC3C[C@H](OC(C)=O)C[C@@]4(C[C@@](C)(O)C[C@H](CC(=C)[C@@H](C)[C@H](OC(C)=O)[C@H](C)C(=O)C[C@@H]5C[C@H](OC)C[C@@]6(CC(O)CC(/C=C\CCC[C@H]7O[C@](O)(C[C@H](O)C7C)[C@H]2O)O6)O5)O4)O3)[C@@H]1O. The molecule has 0 aromatic carbocycles. The number of hydrogen-bond donors (Lipinski definition) is 7. The van der Waals surface area contributed by atoms with E-state index in [-0.39, 0.29) is 81.1 Å². The van der Waals surface area contributed by atoms with E-state index in [4.69, 9.17) is 59.0 Å². The lowest BCUT2D eigenvalue weighted by Crippen LogP contribution is -2.65. The first-order valence-corrected chi connectivity index (χ1v) is 30.7. The van der Waals surface area contributed by atoms with Gasteiger partial charge in [0.1, 0.15) is 36.3 Å². The molecule has 0 amide bonds. The molecule has 24 atom stereocenters. The van der Waals surface area contributed by atoms with Crippen LogP contribution in [0.3, 0.4) is 0 Å². The molecule has 7 rings (SSSR count). The van der Waals surface area contributed by atoms with Gasteiger partial charge in [-0.2, -0.15) is 0 Å². The maximum absolute atomic E-state index is 14.5. The largest absolute Gasteiger partial charge is 0.462 e. The number of hydrogen-bond acceptors (Lipinski definition) is 21. The first-order valence-electron chi connectivity index (χ1n) is 30.3. The van der Waals surface area contributed by atoms with E-state index in [9.17, 15) is 54.9 Å². The Hall–Kier alpha value is -3.49. The smallest absolute Gasteiger partial charge is 0.308 e. The van der Waals surface area contributed by atoms with Crippen LogP contribution in [-0.4, -0.2) is 187 Å². The monoisotopic (exact) mass is 1220 g/mol. The number of Topliss-reactive ketones (excluding diaryl/α,β-unsaturated/α-hetero) is 1. The van der Waals surface area contributed by atoms with Gasteiger partial charge in [0.05, 0.1) is 85.1 Å². The Labute approximate surface area is 505 Å². The third kappa shape index (κ3) is 18.1. The van der Waals surface area contributed by atoms with Gasteiger partial charge < -0.3 is 83.1 Å². The number of halogens is 1. The van der Waals surface area contributed by atoms with Gasteiger partial charge in [-0.1, -0.05) is 88.4 Å². The zero-order valence-electron chi connectivity index (χ0n) is 50.7. The Morgan fingerprint density at radius 2 is 1.47 bits per heavy atom. The second-order valence-corrected chi connectivity index (χ2v) is 26.4. The Bertz CT molecular complexity index is 2430. The number of methoxy groups -OCH3 is 1. The fourth-order valence-electron chi connectivity index (χ4n) is 14.1. The third-order valence-electron chi connectivity index (χ3n) is 18.3. The standard InChI is InChI=1S/C63H95ClO21/c1-33(19-42(67)18-17-35(3)64)20-53-55(72)57-39(7)58(79-53)59(73)63(75)31-51(70)37(5)52(85-63)16-14-12-13-15-44-22-43(68)27-61(81-44)29-47(76-11)23-45(82-61)25-50(69)38(6)56(78-41(9)66)36(4)34(2)21-49-28-60(10,74)32-62(84-49)30-48(77-40(8)65)24-46(83-62)26-54(71)80-57/h13,15,17-18,36-39,42-49,51-53,55-59,67-68,70,72-75H,1-3,12,14,16,19-32H2,4-11H3/b15-13-,18-17+/t36-,37?,38-,39-,42-,43?,44?,45+,46?,47+,48+,49+,51+,52-,53-,55-,56+,57?,58-,59+,60+,61-,62-,63-/m1/s1. The van der Waals surface area contributed by atoms with E-state index < -0.39 is 169 Å². The Kier molecular flexibility index (Phi) is 23.5. The molecule has 10 bridgehead atoms. The van der Waals surface area contributed by atoms with E-state index in [0.717, 1.165) is 0 Å². The summed E-state index contributed by atoms with van der Waals surface area (Å²) in [6, 6.07) is 0. The van der Waals surface area contributed by atoms with Crippen molar-refractivity contribution >= 4 is 35.3 Å². The number of aliphatic hydroxyl groups is 7. The van der Waals surface area contributed by atoms with E-state index in [1.54, 1.807) is 41.7 Å². The molecule has 6 saturated heterocycles. The van der Waals surface area contributed by atoms with Crippen LogP contribution in [0, 0.1) is 23.7 Å².